The first-order valence-electron chi connectivity index (χ1n) is 4.27. The van der Waals surface area contributed by atoms with E-state index in [1.54, 1.807) is 25.1 Å². The van der Waals surface area contributed by atoms with Gasteiger partial charge in [-0.05, 0) is 24.6 Å². The van der Waals surface area contributed by atoms with Crippen molar-refractivity contribution in [3.63, 3.8) is 0 Å². The van der Waals surface area contributed by atoms with Gasteiger partial charge in [-0.1, -0.05) is 29.3 Å². The number of nitrogens with zero attached hydrogens (tertiary/aromatic N) is 1. The molecule has 80 valence electrons. The zero-order valence-corrected chi connectivity index (χ0v) is 9.86. The number of rotatable bonds is 2. The van der Waals surface area contributed by atoms with Gasteiger partial charge in [0.2, 0.25) is 5.91 Å². The third kappa shape index (κ3) is 3.53. The lowest BCUT2D eigenvalue weighted by molar-refractivity contribution is -0.118. The molecule has 0 radical (unpaired) electrons. The van der Waals surface area contributed by atoms with E-state index in [0.29, 0.717) is 15.8 Å². The van der Waals surface area contributed by atoms with E-state index >= 15 is 0 Å². The summed E-state index contributed by atoms with van der Waals surface area (Å²) in [6, 6.07) is 5.17. The van der Waals surface area contributed by atoms with E-state index in [1.807, 2.05) is 0 Å². The van der Waals surface area contributed by atoms with Crippen molar-refractivity contribution in [2.75, 3.05) is 0 Å². The summed E-state index contributed by atoms with van der Waals surface area (Å²) in [5, 5.41) is 4.84. The van der Waals surface area contributed by atoms with E-state index in [0.717, 1.165) is 5.56 Å². The Kier molecular flexibility index (Phi) is 4.12. The van der Waals surface area contributed by atoms with E-state index in [9.17, 15) is 4.79 Å². The molecule has 0 spiro atoms. The Morgan fingerprint density at radius 2 is 1.93 bits per heavy atom. The van der Waals surface area contributed by atoms with Gasteiger partial charge in [-0.15, -0.1) is 0 Å². The lowest BCUT2D eigenvalue weighted by atomic mass is 10.1. The maximum absolute atomic E-state index is 10.6. The van der Waals surface area contributed by atoms with Crippen LogP contribution in [0, 0.1) is 0 Å². The van der Waals surface area contributed by atoms with E-state index in [2.05, 4.69) is 10.5 Å². The van der Waals surface area contributed by atoms with Gasteiger partial charge in [0.15, 0.2) is 0 Å². The van der Waals surface area contributed by atoms with Crippen LogP contribution in [0.5, 0.6) is 0 Å². The van der Waals surface area contributed by atoms with Crippen molar-refractivity contribution in [3.8, 4) is 0 Å². The van der Waals surface area contributed by atoms with Gasteiger partial charge >= 0.3 is 0 Å². The van der Waals surface area contributed by atoms with Gasteiger partial charge in [0, 0.05) is 6.92 Å². The largest absolute Gasteiger partial charge is 0.274 e. The molecule has 15 heavy (non-hydrogen) atoms. The highest BCUT2D eigenvalue weighted by Gasteiger charge is 2.02. The van der Waals surface area contributed by atoms with E-state index in [1.165, 1.54) is 6.92 Å². The molecule has 0 aliphatic heterocycles. The molecule has 0 saturated carbocycles. The average molecular weight is 245 g/mol. The first-order valence-corrected chi connectivity index (χ1v) is 5.02. The minimum Gasteiger partial charge on any atom is -0.274 e. The molecule has 0 bridgehead atoms. The second-order valence-electron chi connectivity index (χ2n) is 2.99. The van der Waals surface area contributed by atoms with Crippen molar-refractivity contribution in [2.24, 2.45) is 5.10 Å². The smallest absolute Gasteiger partial charge is 0.236 e. The predicted octanol–water partition coefficient (Wildman–Crippen LogP) is 2.85. The number of hydrogen-bond acceptors (Lipinski definition) is 2. The van der Waals surface area contributed by atoms with Crippen LogP contribution in [0.25, 0.3) is 0 Å². The fraction of sp³-hybridized carbons (Fsp3) is 0.200. The second-order valence-corrected chi connectivity index (χ2v) is 3.81. The number of benzene rings is 1. The zero-order chi connectivity index (χ0) is 11.4. The van der Waals surface area contributed by atoms with Gasteiger partial charge in [-0.25, -0.2) is 5.43 Å². The molecule has 0 atom stereocenters. The number of carbonyl (C=O) groups excluding carboxylic acids is 1. The predicted molar refractivity (Wildman–Crippen MR) is 62.5 cm³/mol. The van der Waals surface area contributed by atoms with E-state index < -0.39 is 0 Å². The number of amides is 1. The third-order valence-electron chi connectivity index (χ3n) is 1.72. The van der Waals surface area contributed by atoms with Gasteiger partial charge in [-0.2, -0.15) is 5.10 Å². The van der Waals surface area contributed by atoms with Crippen LogP contribution in [0.4, 0.5) is 0 Å². The summed E-state index contributed by atoms with van der Waals surface area (Å²) in [7, 11) is 0. The Hall–Kier alpha value is -1.06. The van der Waals surface area contributed by atoms with Crippen LogP contribution in [0.2, 0.25) is 10.0 Å². The number of hydrazone groups is 1. The normalized spacial score (nSPS) is 11.3. The Morgan fingerprint density at radius 3 is 2.47 bits per heavy atom. The standard InChI is InChI=1S/C10H10Cl2N2O/c1-6(13-14-7(2)15)8-3-4-9(11)10(12)5-8/h3-5H,1-2H3,(H,14,15)/b13-6+. The summed E-state index contributed by atoms with van der Waals surface area (Å²) in [6.07, 6.45) is 0. The quantitative estimate of drug-likeness (QED) is 0.631. The highest BCUT2D eigenvalue weighted by Crippen LogP contribution is 2.22. The van der Waals surface area contributed by atoms with Crippen LogP contribution >= 0.6 is 23.2 Å². The molecule has 3 nitrogen and oxygen atoms in total. The molecule has 0 fully saturated rings. The maximum atomic E-state index is 10.6. The molecule has 0 unspecified atom stereocenters. The minimum absolute atomic E-state index is 0.214. The Labute approximate surface area is 98.1 Å². The van der Waals surface area contributed by atoms with Crippen molar-refractivity contribution < 1.29 is 4.79 Å². The van der Waals surface area contributed by atoms with Crippen molar-refractivity contribution >= 4 is 34.8 Å². The summed E-state index contributed by atoms with van der Waals surface area (Å²) in [6.45, 7) is 3.17. The third-order valence-corrected chi connectivity index (χ3v) is 2.46. The van der Waals surface area contributed by atoms with Crippen LogP contribution in [-0.2, 0) is 4.79 Å². The molecule has 1 N–H and O–H groups in total. The van der Waals surface area contributed by atoms with E-state index in [-0.39, 0.29) is 5.91 Å². The molecule has 0 aliphatic rings. The van der Waals surface area contributed by atoms with Crippen LogP contribution in [0.3, 0.4) is 0 Å². The molecule has 0 saturated heterocycles. The summed E-state index contributed by atoms with van der Waals surface area (Å²) in [4.78, 5) is 10.6. The summed E-state index contributed by atoms with van der Waals surface area (Å²) in [5.74, 6) is -0.214. The van der Waals surface area contributed by atoms with Crippen LogP contribution in [0.1, 0.15) is 19.4 Å². The lowest BCUT2D eigenvalue weighted by Gasteiger charge is -2.02. The second kappa shape index (κ2) is 5.14. The molecule has 0 heterocycles. The van der Waals surface area contributed by atoms with Crippen molar-refractivity contribution in [1.29, 1.82) is 0 Å². The molecule has 1 aromatic carbocycles. The highest BCUT2D eigenvalue weighted by atomic mass is 35.5. The topological polar surface area (TPSA) is 41.5 Å². The Morgan fingerprint density at radius 1 is 1.27 bits per heavy atom. The molecule has 5 heteroatoms. The fourth-order valence-electron chi connectivity index (χ4n) is 0.948. The van der Waals surface area contributed by atoms with Crippen molar-refractivity contribution in [1.82, 2.24) is 5.43 Å². The number of nitrogens with one attached hydrogen (secondary N) is 1. The Balaban J connectivity index is 2.91. The number of halogens is 2. The van der Waals surface area contributed by atoms with Crippen LogP contribution in [-0.4, -0.2) is 11.6 Å². The van der Waals surface area contributed by atoms with Crippen LogP contribution < -0.4 is 5.43 Å². The van der Waals surface area contributed by atoms with E-state index in [4.69, 9.17) is 23.2 Å². The van der Waals surface area contributed by atoms with Gasteiger partial charge in [0.1, 0.15) is 0 Å². The highest BCUT2D eigenvalue weighted by molar-refractivity contribution is 6.42. The molecule has 1 rings (SSSR count). The molecular formula is C10H10Cl2N2O. The van der Waals surface area contributed by atoms with Gasteiger partial charge in [-0.3, -0.25) is 4.79 Å². The molecule has 0 aromatic heterocycles. The van der Waals surface area contributed by atoms with Crippen molar-refractivity contribution in [2.45, 2.75) is 13.8 Å². The average Bonchev–Trinajstić information content (AvgIpc) is 2.18. The summed E-state index contributed by atoms with van der Waals surface area (Å²) < 4.78 is 0. The Bertz CT molecular complexity index is 416. The zero-order valence-electron chi connectivity index (χ0n) is 8.34. The molecule has 1 amide bonds. The van der Waals surface area contributed by atoms with Gasteiger partial charge in [0.05, 0.1) is 15.8 Å². The minimum atomic E-state index is -0.214. The first-order chi connectivity index (χ1) is 7.00. The first kappa shape index (κ1) is 12.0. The van der Waals surface area contributed by atoms with Gasteiger partial charge in [0.25, 0.3) is 0 Å². The summed E-state index contributed by atoms with van der Waals surface area (Å²) >= 11 is 11.6. The monoisotopic (exact) mass is 244 g/mol. The lowest BCUT2D eigenvalue weighted by Crippen LogP contribution is -2.14. The van der Waals surface area contributed by atoms with Gasteiger partial charge < -0.3 is 0 Å². The SMILES string of the molecule is CC(=O)N/N=C(\C)c1ccc(Cl)c(Cl)c1. The summed E-state index contributed by atoms with van der Waals surface area (Å²) in [5.41, 5.74) is 3.84. The molecule has 0 aliphatic carbocycles. The number of carbonyl (C=O) groups is 1. The number of hydrogen-bond donors (Lipinski definition) is 1. The molecule has 1 aromatic rings. The maximum Gasteiger partial charge on any atom is 0.236 e. The van der Waals surface area contributed by atoms with Crippen molar-refractivity contribution in [3.05, 3.63) is 33.8 Å². The molecular weight excluding hydrogens is 235 g/mol. The fourth-order valence-corrected chi connectivity index (χ4v) is 1.25. The van der Waals surface area contributed by atoms with Crippen LogP contribution in [0.15, 0.2) is 23.3 Å².